The van der Waals surface area contributed by atoms with Gasteiger partial charge in [0.15, 0.2) is 0 Å². The fourth-order valence-corrected chi connectivity index (χ4v) is 3.34. The topological polar surface area (TPSA) is 116 Å². The molecule has 1 aliphatic carbocycles. The molecular weight excluding hydrogens is 418 g/mol. The molecule has 0 saturated carbocycles. The standard InChI is InChI=1S/C24H31N5O.CH2O2/c1-7-10-21-19(8-2)11-12-20(15-25-9-3)18(6)22(21)27-24(30)29-28-23-17(5)13-16(4)14-26-23;2-1-3/h7-10,13-15,22H,2,6,11-12H2,1,3-5H3,(H,26,28)(H2,27,29,30);1H,(H,2,3)/b10-7-,20-15-,25-9?;. The number of rotatable bonds is 6. The van der Waals surface area contributed by atoms with Gasteiger partial charge in [0.25, 0.3) is 6.47 Å². The molecule has 176 valence electrons. The van der Waals surface area contributed by atoms with Crippen LogP contribution < -0.4 is 16.2 Å². The van der Waals surface area contributed by atoms with E-state index in [4.69, 9.17) is 9.90 Å². The van der Waals surface area contributed by atoms with E-state index >= 15 is 0 Å². The molecule has 2 rings (SSSR count). The number of hydrogen-bond acceptors (Lipinski definition) is 5. The number of anilines is 1. The highest BCUT2D eigenvalue weighted by atomic mass is 16.3. The maximum absolute atomic E-state index is 12.7. The van der Waals surface area contributed by atoms with Crippen molar-refractivity contribution in [2.24, 2.45) is 4.99 Å². The zero-order chi connectivity index (χ0) is 24.8. The summed E-state index contributed by atoms with van der Waals surface area (Å²) in [4.78, 5) is 29.6. The van der Waals surface area contributed by atoms with Gasteiger partial charge in [0.05, 0.1) is 6.04 Å². The number of carboxylic acid groups (broad SMARTS) is 1. The number of carbonyl (C=O) groups excluding carboxylic acids is 1. The summed E-state index contributed by atoms with van der Waals surface area (Å²) < 4.78 is 0. The summed E-state index contributed by atoms with van der Waals surface area (Å²) >= 11 is 0. The molecule has 33 heavy (non-hydrogen) atoms. The molecule has 1 heterocycles. The van der Waals surface area contributed by atoms with Crippen molar-refractivity contribution in [2.75, 3.05) is 5.43 Å². The van der Waals surface area contributed by atoms with Crippen LogP contribution in [0.4, 0.5) is 10.6 Å². The summed E-state index contributed by atoms with van der Waals surface area (Å²) in [7, 11) is 0. The zero-order valence-electron chi connectivity index (χ0n) is 19.7. The number of carbonyl (C=O) groups is 2. The number of amides is 2. The van der Waals surface area contributed by atoms with Crippen molar-refractivity contribution in [3.63, 3.8) is 0 Å². The van der Waals surface area contributed by atoms with Crippen molar-refractivity contribution < 1.29 is 14.7 Å². The summed E-state index contributed by atoms with van der Waals surface area (Å²) in [5, 5.41) is 9.91. The van der Waals surface area contributed by atoms with Crippen LogP contribution in [0.15, 0.2) is 77.1 Å². The van der Waals surface area contributed by atoms with Crippen LogP contribution in [-0.4, -0.2) is 34.9 Å². The molecule has 0 saturated heterocycles. The summed E-state index contributed by atoms with van der Waals surface area (Å²) in [6, 6.07) is 1.22. The highest BCUT2D eigenvalue weighted by Gasteiger charge is 2.26. The van der Waals surface area contributed by atoms with E-state index in [1.54, 1.807) is 12.4 Å². The lowest BCUT2D eigenvalue weighted by Gasteiger charge is -2.23. The van der Waals surface area contributed by atoms with E-state index in [9.17, 15) is 4.79 Å². The first-order chi connectivity index (χ1) is 15.8. The molecule has 0 aliphatic heterocycles. The summed E-state index contributed by atoms with van der Waals surface area (Å²) in [5.41, 5.74) is 11.4. The third-order valence-corrected chi connectivity index (χ3v) is 4.86. The van der Waals surface area contributed by atoms with Gasteiger partial charge in [-0.2, -0.15) is 0 Å². The summed E-state index contributed by atoms with van der Waals surface area (Å²) in [6.45, 7) is 15.7. The van der Waals surface area contributed by atoms with Crippen molar-refractivity contribution in [1.29, 1.82) is 0 Å². The van der Waals surface area contributed by atoms with E-state index in [0.717, 1.165) is 46.3 Å². The Balaban J connectivity index is 0.00000172. The van der Waals surface area contributed by atoms with E-state index in [-0.39, 0.29) is 12.5 Å². The van der Waals surface area contributed by atoms with Crippen molar-refractivity contribution in [3.05, 3.63) is 83.3 Å². The second kappa shape index (κ2) is 14.2. The van der Waals surface area contributed by atoms with Crippen molar-refractivity contribution in [1.82, 2.24) is 15.7 Å². The predicted octanol–water partition coefficient (Wildman–Crippen LogP) is 4.78. The Bertz CT molecular complexity index is 990. The van der Waals surface area contributed by atoms with E-state index in [0.29, 0.717) is 5.82 Å². The molecule has 1 unspecified atom stereocenters. The van der Waals surface area contributed by atoms with Crippen LogP contribution in [0.1, 0.15) is 37.8 Å². The van der Waals surface area contributed by atoms with Gasteiger partial charge in [0.1, 0.15) is 5.82 Å². The van der Waals surface area contributed by atoms with Gasteiger partial charge in [-0.05, 0) is 74.0 Å². The van der Waals surface area contributed by atoms with Crippen LogP contribution in [0.2, 0.25) is 0 Å². The molecule has 8 nitrogen and oxygen atoms in total. The Morgan fingerprint density at radius 2 is 2.00 bits per heavy atom. The van der Waals surface area contributed by atoms with Gasteiger partial charge in [0, 0.05) is 18.6 Å². The Morgan fingerprint density at radius 1 is 1.30 bits per heavy atom. The Kier molecular flexibility index (Phi) is 11.6. The van der Waals surface area contributed by atoms with Crippen LogP contribution in [0.5, 0.6) is 0 Å². The van der Waals surface area contributed by atoms with E-state index in [1.807, 2.05) is 58.2 Å². The highest BCUT2D eigenvalue weighted by Crippen LogP contribution is 2.32. The Morgan fingerprint density at radius 3 is 2.58 bits per heavy atom. The molecule has 1 atom stereocenters. The lowest BCUT2D eigenvalue weighted by Crippen LogP contribution is -2.46. The third-order valence-electron chi connectivity index (χ3n) is 4.86. The first-order valence-corrected chi connectivity index (χ1v) is 10.5. The molecule has 8 heteroatoms. The molecule has 0 spiro atoms. The quantitative estimate of drug-likeness (QED) is 0.282. The SMILES string of the molecule is C=CC1=C(/C=C\C)C(NC(=O)NNc2ncc(C)cc2C)C(=C)/C(=C\N=CC)CC1.O=CO. The second-order valence-electron chi connectivity index (χ2n) is 7.21. The first-order valence-electron chi connectivity index (χ1n) is 10.5. The number of pyridine rings is 1. The van der Waals surface area contributed by atoms with Gasteiger partial charge in [-0.3, -0.25) is 20.6 Å². The fourth-order valence-electron chi connectivity index (χ4n) is 3.34. The number of urea groups is 1. The third kappa shape index (κ3) is 8.25. The molecule has 0 aromatic carbocycles. The largest absolute Gasteiger partial charge is 0.483 e. The van der Waals surface area contributed by atoms with Gasteiger partial charge in [-0.15, -0.1) is 0 Å². The lowest BCUT2D eigenvalue weighted by atomic mass is 9.94. The van der Waals surface area contributed by atoms with E-state index in [2.05, 4.69) is 39.3 Å². The van der Waals surface area contributed by atoms with Gasteiger partial charge in [0.2, 0.25) is 0 Å². The van der Waals surface area contributed by atoms with Gasteiger partial charge < -0.3 is 10.4 Å². The maximum Gasteiger partial charge on any atom is 0.334 e. The van der Waals surface area contributed by atoms with Crippen molar-refractivity contribution >= 4 is 24.5 Å². The first kappa shape index (κ1) is 27.1. The number of allylic oxidation sites excluding steroid dienone is 3. The molecule has 0 bridgehead atoms. The molecular formula is C25H33N5O3. The lowest BCUT2D eigenvalue weighted by molar-refractivity contribution is -0.122. The minimum atomic E-state index is -0.399. The number of aromatic nitrogens is 1. The second-order valence-corrected chi connectivity index (χ2v) is 7.21. The van der Waals surface area contributed by atoms with E-state index in [1.165, 1.54) is 0 Å². The normalized spacial score (nSPS) is 17.4. The van der Waals surface area contributed by atoms with E-state index < -0.39 is 6.04 Å². The average Bonchev–Trinajstić information content (AvgIpc) is 2.89. The molecule has 4 N–H and O–H groups in total. The van der Waals surface area contributed by atoms with Crippen molar-refractivity contribution in [2.45, 2.75) is 46.6 Å². The monoisotopic (exact) mass is 451 g/mol. The average molecular weight is 452 g/mol. The van der Waals surface area contributed by atoms with Crippen LogP contribution >= 0.6 is 0 Å². The molecule has 0 radical (unpaired) electrons. The number of nitrogens with zero attached hydrogens (tertiary/aromatic N) is 2. The molecule has 0 fully saturated rings. The fraction of sp³-hybridized carbons (Fsp3) is 0.280. The van der Waals surface area contributed by atoms with Gasteiger partial charge in [-0.25, -0.2) is 9.78 Å². The number of aryl methyl sites for hydroxylation is 2. The number of nitrogens with one attached hydrogen (secondary N) is 3. The minimum Gasteiger partial charge on any atom is -0.483 e. The summed E-state index contributed by atoms with van der Waals surface area (Å²) in [6.07, 6.45) is 12.7. The van der Waals surface area contributed by atoms with Gasteiger partial charge in [-0.1, -0.05) is 37.5 Å². The predicted molar refractivity (Wildman–Crippen MR) is 134 cm³/mol. The zero-order valence-corrected chi connectivity index (χ0v) is 19.7. The molecule has 1 aromatic heterocycles. The molecule has 1 aliphatic rings. The molecule has 1 aromatic rings. The Labute approximate surface area is 195 Å². The number of aliphatic imine (C=N–C) groups is 1. The maximum atomic E-state index is 12.7. The van der Waals surface area contributed by atoms with Gasteiger partial charge >= 0.3 is 6.03 Å². The van der Waals surface area contributed by atoms with Crippen LogP contribution in [-0.2, 0) is 4.79 Å². The smallest absolute Gasteiger partial charge is 0.334 e. The van der Waals surface area contributed by atoms with Crippen LogP contribution in [0, 0.1) is 13.8 Å². The minimum absolute atomic E-state index is 0.250. The highest BCUT2D eigenvalue weighted by molar-refractivity contribution is 5.77. The Hall–Kier alpha value is -3.94. The number of hydrogen-bond donors (Lipinski definition) is 4. The van der Waals surface area contributed by atoms with Crippen LogP contribution in [0.25, 0.3) is 0 Å². The van der Waals surface area contributed by atoms with Crippen LogP contribution in [0.3, 0.4) is 0 Å². The molecule has 2 amide bonds. The van der Waals surface area contributed by atoms with Crippen molar-refractivity contribution in [3.8, 4) is 0 Å². The summed E-state index contributed by atoms with van der Waals surface area (Å²) in [5.74, 6) is 0.601. The number of hydrazine groups is 1.